The van der Waals surface area contributed by atoms with Crippen molar-refractivity contribution in [2.45, 2.75) is 13.5 Å². The standard InChI is InChI=1S/C22H18N4/c1-2-25-21-8-4-3-7-18(21)19-14-17(9-10-22(19)25)26-20(11-13-24-26)16-6-5-12-23-15-16/h3-15H,2H2,1H3. The second kappa shape index (κ2) is 5.85. The Morgan fingerprint density at radius 3 is 2.58 bits per heavy atom. The molecule has 0 atom stereocenters. The lowest BCUT2D eigenvalue weighted by atomic mass is 10.1. The average molecular weight is 338 g/mol. The van der Waals surface area contributed by atoms with Crippen LogP contribution in [0.2, 0.25) is 0 Å². The van der Waals surface area contributed by atoms with Crippen molar-refractivity contribution in [3.63, 3.8) is 0 Å². The molecule has 4 nitrogen and oxygen atoms in total. The second-order valence-corrected chi connectivity index (χ2v) is 6.33. The molecule has 0 unspecified atom stereocenters. The lowest BCUT2D eigenvalue weighted by Crippen LogP contribution is -1.99. The van der Waals surface area contributed by atoms with Crippen LogP contribution in [-0.2, 0) is 6.54 Å². The van der Waals surface area contributed by atoms with Gasteiger partial charge < -0.3 is 4.57 Å². The molecule has 0 radical (unpaired) electrons. The van der Waals surface area contributed by atoms with Crippen molar-refractivity contribution in [1.82, 2.24) is 19.3 Å². The van der Waals surface area contributed by atoms with Crippen LogP contribution in [0.1, 0.15) is 6.92 Å². The van der Waals surface area contributed by atoms with Gasteiger partial charge >= 0.3 is 0 Å². The van der Waals surface area contributed by atoms with Crippen LogP contribution >= 0.6 is 0 Å². The Labute approximate surface area is 151 Å². The number of hydrogen-bond donors (Lipinski definition) is 0. The van der Waals surface area contributed by atoms with Crippen molar-refractivity contribution in [2.75, 3.05) is 0 Å². The fraction of sp³-hybridized carbons (Fsp3) is 0.0909. The molecule has 0 aliphatic carbocycles. The highest BCUT2D eigenvalue weighted by molar-refractivity contribution is 6.08. The number of rotatable bonds is 3. The fourth-order valence-electron chi connectivity index (χ4n) is 3.76. The van der Waals surface area contributed by atoms with Crippen LogP contribution in [0.15, 0.2) is 79.3 Å². The molecule has 2 aromatic carbocycles. The summed E-state index contributed by atoms with van der Waals surface area (Å²) in [5.74, 6) is 0. The number of hydrogen-bond acceptors (Lipinski definition) is 2. The minimum atomic E-state index is 0.950. The average Bonchev–Trinajstić information content (AvgIpc) is 3.31. The van der Waals surface area contributed by atoms with Gasteiger partial charge in [0.1, 0.15) is 0 Å². The summed E-state index contributed by atoms with van der Waals surface area (Å²) in [5.41, 5.74) is 5.68. The van der Waals surface area contributed by atoms with E-state index in [-0.39, 0.29) is 0 Å². The van der Waals surface area contributed by atoms with Gasteiger partial charge in [0.25, 0.3) is 0 Å². The maximum absolute atomic E-state index is 4.56. The van der Waals surface area contributed by atoms with Crippen LogP contribution in [0.25, 0.3) is 38.8 Å². The molecule has 26 heavy (non-hydrogen) atoms. The number of fused-ring (bicyclic) bond motifs is 3. The summed E-state index contributed by atoms with van der Waals surface area (Å²) in [6, 6.07) is 21.2. The molecule has 126 valence electrons. The monoisotopic (exact) mass is 338 g/mol. The summed E-state index contributed by atoms with van der Waals surface area (Å²) < 4.78 is 4.34. The SMILES string of the molecule is CCn1c2ccccc2c2cc(-n3nccc3-c3cccnc3)ccc21. The predicted octanol–water partition coefficient (Wildman–Crippen LogP) is 5.06. The fourth-order valence-corrected chi connectivity index (χ4v) is 3.76. The van der Waals surface area contributed by atoms with E-state index in [1.54, 1.807) is 6.20 Å². The predicted molar refractivity (Wildman–Crippen MR) is 105 cm³/mol. The first kappa shape index (κ1) is 14.9. The molecule has 5 rings (SSSR count). The van der Waals surface area contributed by atoms with Crippen LogP contribution in [0.5, 0.6) is 0 Å². The summed E-state index contributed by atoms with van der Waals surface area (Å²) >= 11 is 0. The van der Waals surface area contributed by atoms with E-state index in [2.05, 4.69) is 70.1 Å². The van der Waals surface area contributed by atoms with Gasteiger partial charge in [0.05, 0.1) is 17.6 Å². The van der Waals surface area contributed by atoms with Crippen LogP contribution in [-0.4, -0.2) is 19.3 Å². The van der Waals surface area contributed by atoms with Crippen molar-refractivity contribution >= 4 is 21.8 Å². The first-order valence-electron chi connectivity index (χ1n) is 8.82. The molecule has 0 N–H and O–H groups in total. The third kappa shape index (κ3) is 2.15. The first-order valence-corrected chi connectivity index (χ1v) is 8.82. The zero-order valence-electron chi connectivity index (χ0n) is 14.5. The Hall–Kier alpha value is -3.40. The topological polar surface area (TPSA) is 35.6 Å². The van der Waals surface area contributed by atoms with Crippen LogP contribution < -0.4 is 0 Å². The van der Waals surface area contributed by atoms with Gasteiger partial charge in [-0.15, -0.1) is 0 Å². The summed E-state index contributed by atoms with van der Waals surface area (Å²) in [7, 11) is 0. The number of pyridine rings is 1. The van der Waals surface area contributed by atoms with E-state index in [0.29, 0.717) is 0 Å². The maximum Gasteiger partial charge on any atom is 0.0756 e. The second-order valence-electron chi connectivity index (χ2n) is 6.33. The highest BCUT2D eigenvalue weighted by Gasteiger charge is 2.12. The van der Waals surface area contributed by atoms with Gasteiger partial charge in [0.15, 0.2) is 0 Å². The number of para-hydroxylation sites is 1. The molecule has 0 bridgehead atoms. The molecule has 4 heteroatoms. The number of aromatic nitrogens is 4. The van der Waals surface area contributed by atoms with Crippen LogP contribution in [0.4, 0.5) is 0 Å². The summed E-state index contributed by atoms with van der Waals surface area (Å²) in [6.45, 7) is 3.14. The van der Waals surface area contributed by atoms with E-state index < -0.39 is 0 Å². The molecule has 0 amide bonds. The van der Waals surface area contributed by atoms with Gasteiger partial charge in [-0.05, 0) is 49.4 Å². The Kier molecular flexibility index (Phi) is 3.35. The Morgan fingerprint density at radius 2 is 1.73 bits per heavy atom. The van der Waals surface area contributed by atoms with E-state index in [0.717, 1.165) is 23.5 Å². The normalized spacial score (nSPS) is 11.4. The van der Waals surface area contributed by atoms with Gasteiger partial charge in [-0.3, -0.25) is 4.98 Å². The molecule has 3 aromatic heterocycles. The van der Waals surface area contributed by atoms with Gasteiger partial charge in [-0.1, -0.05) is 18.2 Å². The summed E-state index contributed by atoms with van der Waals surface area (Å²) in [5, 5.41) is 7.09. The molecule has 3 heterocycles. The molecule has 0 saturated carbocycles. The summed E-state index contributed by atoms with van der Waals surface area (Å²) in [6.07, 6.45) is 5.49. The minimum absolute atomic E-state index is 0.950. The van der Waals surface area contributed by atoms with E-state index in [4.69, 9.17) is 0 Å². The third-order valence-corrected chi connectivity index (χ3v) is 4.92. The molecular formula is C22H18N4. The number of nitrogens with zero attached hydrogens (tertiary/aromatic N) is 4. The van der Waals surface area contributed by atoms with E-state index in [9.17, 15) is 0 Å². The smallest absolute Gasteiger partial charge is 0.0756 e. The molecule has 0 aliphatic rings. The van der Waals surface area contributed by atoms with E-state index >= 15 is 0 Å². The van der Waals surface area contributed by atoms with Crippen molar-refractivity contribution in [2.24, 2.45) is 0 Å². The van der Waals surface area contributed by atoms with Gasteiger partial charge in [0.2, 0.25) is 0 Å². The van der Waals surface area contributed by atoms with Crippen molar-refractivity contribution in [3.8, 4) is 16.9 Å². The molecule has 5 aromatic rings. The van der Waals surface area contributed by atoms with Gasteiger partial charge in [0, 0.05) is 46.3 Å². The lowest BCUT2D eigenvalue weighted by Gasteiger charge is -2.08. The van der Waals surface area contributed by atoms with Crippen LogP contribution in [0.3, 0.4) is 0 Å². The van der Waals surface area contributed by atoms with Crippen molar-refractivity contribution in [3.05, 3.63) is 79.3 Å². The highest BCUT2D eigenvalue weighted by Crippen LogP contribution is 2.31. The minimum Gasteiger partial charge on any atom is -0.341 e. The Bertz CT molecular complexity index is 1220. The number of benzene rings is 2. The van der Waals surface area contributed by atoms with Crippen molar-refractivity contribution in [1.29, 1.82) is 0 Å². The summed E-state index contributed by atoms with van der Waals surface area (Å²) in [4.78, 5) is 4.24. The van der Waals surface area contributed by atoms with Crippen LogP contribution in [0, 0.1) is 0 Å². The molecule has 0 fully saturated rings. The zero-order valence-corrected chi connectivity index (χ0v) is 14.5. The van der Waals surface area contributed by atoms with Gasteiger partial charge in [-0.2, -0.15) is 5.10 Å². The lowest BCUT2D eigenvalue weighted by molar-refractivity contribution is 0.826. The number of aryl methyl sites for hydroxylation is 1. The van der Waals surface area contributed by atoms with Gasteiger partial charge in [-0.25, -0.2) is 4.68 Å². The quantitative estimate of drug-likeness (QED) is 0.461. The maximum atomic E-state index is 4.56. The van der Waals surface area contributed by atoms with E-state index in [1.807, 2.05) is 29.2 Å². The first-order chi connectivity index (χ1) is 12.9. The van der Waals surface area contributed by atoms with E-state index in [1.165, 1.54) is 21.8 Å². The zero-order chi connectivity index (χ0) is 17.5. The molecule has 0 saturated heterocycles. The molecule has 0 aliphatic heterocycles. The molecular weight excluding hydrogens is 320 g/mol. The largest absolute Gasteiger partial charge is 0.341 e. The Morgan fingerprint density at radius 1 is 0.846 bits per heavy atom. The third-order valence-electron chi connectivity index (χ3n) is 4.92. The highest BCUT2D eigenvalue weighted by atomic mass is 15.3. The van der Waals surface area contributed by atoms with Crippen molar-refractivity contribution < 1.29 is 0 Å². The molecule has 0 spiro atoms. The Balaban J connectivity index is 1.75.